The third kappa shape index (κ3) is 6.12. The highest BCUT2D eigenvalue weighted by Gasteiger charge is 2.19. The predicted molar refractivity (Wildman–Crippen MR) is 91.7 cm³/mol. The molecular formula is C19H29NO3. The predicted octanol–water partition coefficient (Wildman–Crippen LogP) is 4.98. The lowest BCUT2D eigenvalue weighted by molar-refractivity contribution is 0.0507. The first kappa shape index (κ1) is 17.6. The van der Waals surface area contributed by atoms with Gasteiger partial charge in [-0.25, -0.2) is 4.79 Å². The van der Waals surface area contributed by atoms with Crippen molar-refractivity contribution in [3.05, 3.63) is 29.8 Å². The third-order valence-corrected chi connectivity index (χ3v) is 3.95. The van der Waals surface area contributed by atoms with Gasteiger partial charge in [0.2, 0.25) is 0 Å². The summed E-state index contributed by atoms with van der Waals surface area (Å²) in [6.07, 6.45) is 6.02. The third-order valence-electron chi connectivity index (χ3n) is 3.95. The van der Waals surface area contributed by atoms with Gasteiger partial charge < -0.3 is 14.8 Å². The minimum atomic E-state index is -0.490. The summed E-state index contributed by atoms with van der Waals surface area (Å²) < 4.78 is 11.4. The maximum atomic E-state index is 11.9. The van der Waals surface area contributed by atoms with Gasteiger partial charge in [0.1, 0.15) is 11.4 Å². The molecule has 1 saturated carbocycles. The topological polar surface area (TPSA) is 47.6 Å². The fourth-order valence-electron chi connectivity index (χ4n) is 2.80. The molecule has 23 heavy (non-hydrogen) atoms. The molecule has 0 heterocycles. The molecule has 1 amide bonds. The van der Waals surface area contributed by atoms with Crippen molar-refractivity contribution in [3.63, 3.8) is 0 Å². The summed E-state index contributed by atoms with van der Waals surface area (Å²) in [5.74, 6) is 0.882. The molecule has 1 atom stereocenters. The Kier molecular flexibility index (Phi) is 5.91. The molecule has 0 saturated heterocycles. The quantitative estimate of drug-likeness (QED) is 0.851. The van der Waals surface area contributed by atoms with Crippen LogP contribution in [0.1, 0.15) is 71.4 Å². The Labute approximate surface area is 139 Å². The molecular weight excluding hydrogens is 290 g/mol. The van der Waals surface area contributed by atoms with E-state index < -0.39 is 11.7 Å². The maximum absolute atomic E-state index is 11.9. The van der Waals surface area contributed by atoms with Gasteiger partial charge >= 0.3 is 6.09 Å². The number of alkyl carbamates (subject to hydrolysis) is 1. The Balaban J connectivity index is 1.93. The van der Waals surface area contributed by atoms with Gasteiger partial charge in [-0.05, 0) is 71.1 Å². The van der Waals surface area contributed by atoms with Crippen LogP contribution in [0.25, 0.3) is 0 Å². The normalized spacial score (nSPS) is 17.4. The van der Waals surface area contributed by atoms with E-state index in [4.69, 9.17) is 9.47 Å². The van der Waals surface area contributed by atoms with Crippen molar-refractivity contribution < 1.29 is 14.3 Å². The van der Waals surface area contributed by atoms with Gasteiger partial charge in [0.25, 0.3) is 0 Å². The van der Waals surface area contributed by atoms with Crippen LogP contribution in [-0.4, -0.2) is 17.8 Å². The molecule has 0 radical (unpaired) electrons. The van der Waals surface area contributed by atoms with Crippen LogP contribution in [0, 0.1) is 0 Å². The Hall–Kier alpha value is -1.71. The zero-order valence-electron chi connectivity index (χ0n) is 14.7. The van der Waals surface area contributed by atoms with E-state index in [1.54, 1.807) is 0 Å². The standard InChI is InChI=1S/C19H29NO3/c1-14(20-18(21)23-19(2,3)4)15-9-8-12-17(13-15)22-16-10-6-5-7-11-16/h8-9,12-14,16H,5-7,10-11H2,1-4H3,(H,20,21). The Morgan fingerprint density at radius 1 is 1.22 bits per heavy atom. The summed E-state index contributed by atoms with van der Waals surface area (Å²) >= 11 is 0. The first-order chi connectivity index (χ1) is 10.8. The summed E-state index contributed by atoms with van der Waals surface area (Å²) in [6.45, 7) is 7.52. The van der Waals surface area contributed by atoms with Crippen molar-refractivity contribution in [2.45, 2.75) is 77.5 Å². The van der Waals surface area contributed by atoms with Crippen LogP contribution in [0.5, 0.6) is 5.75 Å². The van der Waals surface area contributed by atoms with Gasteiger partial charge in [-0.1, -0.05) is 18.6 Å². The fraction of sp³-hybridized carbons (Fsp3) is 0.632. The highest BCUT2D eigenvalue weighted by Crippen LogP contribution is 2.25. The molecule has 1 unspecified atom stereocenters. The molecule has 0 aliphatic heterocycles. The van der Waals surface area contributed by atoms with Crippen LogP contribution in [0.2, 0.25) is 0 Å². The number of rotatable bonds is 4. The van der Waals surface area contributed by atoms with Crippen LogP contribution in [-0.2, 0) is 4.74 Å². The molecule has 128 valence electrons. The zero-order valence-corrected chi connectivity index (χ0v) is 14.7. The van der Waals surface area contributed by atoms with Crippen LogP contribution < -0.4 is 10.1 Å². The molecule has 2 rings (SSSR count). The van der Waals surface area contributed by atoms with Crippen molar-refractivity contribution in [1.29, 1.82) is 0 Å². The van der Waals surface area contributed by atoms with E-state index in [1.165, 1.54) is 19.3 Å². The van der Waals surface area contributed by atoms with Gasteiger partial charge in [0.15, 0.2) is 0 Å². The number of carbonyl (C=O) groups excluding carboxylic acids is 1. The second-order valence-corrected chi connectivity index (χ2v) is 7.32. The number of benzene rings is 1. The van der Waals surface area contributed by atoms with Crippen LogP contribution >= 0.6 is 0 Å². The number of amides is 1. The Morgan fingerprint density at radius 2 is 1.91 bits per heavy atom. The smallest absolute Gasteiger partial charge is 0.408 e. The summed E-state index contributed by atoms with van der Waals surface area (Å²) in [7, 11) is 0. The molecule has 1 aromatic carbocycles. The number of hydrogen-bond donors (Lipinski definition) is 1. The lowest BCUT2D eigenvalue weighted by atomic mass is 9.98. The molecule has 0 spiro atoms. The van der Waals surface area contributed by atoms with Crippen molar-refractivity contribution in [3.8, 4) is 5.75 Å². The molecule has 4 heteroatoms. The van der Waals surface area contributed by atoms with Crippen molar-refractivity contribution in [2.75, 3.05) is 0 Å². The molecule has 1 aliphatic carbocycles. The Bertz CT molecular complexity index is 516. The highest BCUT2D eigenvalue weighted by atomic mass is 16.6. The van der Waals surface area contributed by atoms with Gasteiger partial charge in [-0.15, -0.1) is 0 Å². The minimum absolute atomic E-state index is 0.125. The van der Waals surface area contributed by atoms with E-state index >= 15 is 0 Å². The van der Waals surface area contributed by atoms with Crippen LogP contribution in [0.15, 0.2) is 24.3 Å². The average molecular weight is 319 g/mol. The summed E-state index contributed by atoms with van der Waals surface area (Å²) in [5.41, 5.74) is 0.527. The van der Waals surface area contributed by atoms with Crippen molar-refractivity contribution >= 4 is 6.09 Å². The average Bonchev–Trinajstić information content (AvgIpc) is 2.46. The van der Waals surface area contributed by atoms with E-state index in [0.29, 0.717) is 6.10 Å². The molecule has 1 aromatic rings. The largest absolute Gasteiger partial charge is 0.490 e. The molecule has 1 fully saturated rings. The number of carbonyl (C=O) groups is 1. The lowest BCUT2D eigenvalue weighted by Gasteiger charge is -2.24. The van der Waals surface area contributed by atoms with E-state index in [1.807, 2.05) is 52.0 Å². The van der Waals surface area contributed by atoms with Gasteiger partial charge in [-0.3, -0.25) is 0 Å². The minimum Gasteiger partial charge on any atom is -0.490 e. The molecule has 1 aliphatic rings. The molecule has 4 nitrogen and oxygen atoms in total. The van der Waals surface area contributed by atoms with Crippen molar-refractivity contribution in [1.82, 2.24) is 5.32 Å². The maximum Gasteiger partial charge on any atom is 0.408 e. The second kappa shape index (κ2) is 7.71. The second-order valence-electron chi connectivity index (χ2n) is 7.32. The van der Waals surface area contributed by atoms with Gasteiger partial charge in [0, 0.05) is 0 Å². The van der Waals surface area contributed by atoms with E-state index in [-0.39, 0.29) is 6.04 Å². The first-order valence-corrected chi connectivity index (χ1v) is 8.59. The highest BCUT2D eigenvalue weighted by molar-refractivity contribution is 5.68. The number of nitrogens with one attached hydrogen (secondary N) is 1. The first-order valence-electron chi connectivity index (χ1n) is 8.59. The molecule has 0 aromatic heterocycles. The molecule has 0 bridgehead atoms. The van der Waals surface area contributed by atoms with Crippen LogP contribution in [0.4, 0.5) is 4.79 Å². The lowest BCUT2D eigenvalue weighted by Crippen LogP contribution is -2.34. The van der Waals surface area contributed by atoms with Gasteiger partial charge in [-0.2, -0.15) is 0 Å². The van der Waals surface area contributed by atoms with Gasteiger partial charge in [0.05, 0.1) is 12.1 Å². The number of ether oxygens (including phenoxy) is 2. The monoisotopic (exact) mass is 319 g/mol. The summed E-state index contributed by atoms with van der Waals surface area (Å²) in [6, 6.07) is 7.84. The Morgan fingerprint density at radius 3 is 2.57 bits per heavy atom. The number of hydrogen-bond acceptors (Lipinski definition) is 3. The summed E-state index contributed by atoms with van der Waals surface area (Å²) in [5, 5.41) is 2.87. The van der Waals surface area contributed by atoms with E-state index in [2.05, 4.69) is 5.32 Å². The van der Waals surface area contributed by atoms with Crippen LogP contribution in [0.3, 0.4) is 0 Å². The SMILES string of the molecule is CC(NC(=O)OC(C)(C)C)c1cccc(OC2CCCCC2)c1. The van der Waals surface area contributed by atoms with E-state index in [9.17, 15) is 4.79 Å². The fourth-order valence-corrected chi connectivity index (χ4v) is 2.80. The van der Waals surface area contributed by atoms with E-state index in [0.717, 1.165) is 24.2 Å². The zero-order chi connectivity index (χ0) is 16.9. The van der Waals surface area contributed by atoms with Crippen molar-refractivity contribution in [2.24, 2.45) is 0 Å². The summed E-state index contributed by atoms with van der Waals surface area (Å²) in [4.78, 5) is 11.9. The molecule has 1 N–H and O–H groups in total.